The van der Waals surface area contributed by atoms with Crippen LogP contribution >= 0.6 is 0 Å². The van der Waals surface area contributed by atoms with Crippen LogP contribution < -0.4 is 20.4 Å². The normalized spacial score (nSPS) is 9.76. The largest absolute Gasteiger partial charge is 4.00 e. The Morgan fingerprint density at radius 2 is 0.759 bits per heavy atom. The molecule has 0 aromatic carbocycles. The van der Waals surface area contributed by atoms with Gasteiger partial charge in [-0.05, 0) is 26.5 Å². The third kappa shape index (κ3) is 83.5. The van der Waals surface area contributed by atoms with Crippen LogP contribution in [0.1, 0.15) is 76.2 Å². The minimum absolute atomic E-state index is 0. The zero-order valence-corrected chi connectivity index (χ0v) is 23.1. The Morgan fingerprint density at radius 1 is 0.621 bits per heavy atom. The molecule has 0 unspecified atom stereocenters. The molecule has 0 amide bonds. The van der Waals surface area contributed by atoms with Crippen LogP contribution in [0.25, 0.3) is 0 Å². The van der Waals surface area contributed by atoms with Gasteiger partial charge in [0.25, 0.3) is 0 Å². The molecule has 176 valence electrons. The fraction of sp³-hybridized carbons (Fsp3) is 0.900. The molecule has 9 heteroatoms. The average molecular weight is 475 g/mol. The van der Waals surface area contributed by atoms with Crippen molar-refractivity contribution in [1.29, 1.82) is 0 Å². The molecule has 0 aliphatic heterocycles. The van der Waals surface area contributed by atoms with Crippen LogP contribution in [0.3, 0.4) is 0 Å². The molecular weight excluding hydrogens is 428 g/mol. The number of hydrogen-bond acceptors (Lipinski definition) is 7. The summed E-state index contributed by atoms with van der Waals surface area (Å²) in [6.45, 7) is 24.1. The second-order valence-corrected chi connectivity index (χ2v) is 8.78. The summed E-state index contributed by atoms with van der Waals surface area (Å²) in [5.41, 5.74) is 1.67. The second kappa shape index (κ2) is 33.0. The molecule has 0 bridgehead atoms. The Kier molecular flexibility index (Phi) is 49.3. The maximum absolute atomic E-state index is 9.53. The molecule has 0 aromatic rings. The molecule has 0 fully saturated rings. The Balaban J connectivity index is -0.0000000648. The topological polar surface area (TPSA) is 120 Å². The fourth-order valence-electron chi connectivity index (χ4n) is 0.905. The Bertz CT molecular complexity index is 228. The van der Waals surface area contributed by atoms with Crippen molar-refractivity contribution in [3.05, 3.63) is 12.3 Å². The summed E-state index contributed by atoms with van der Waals surface area (Å²) in [7, 11) is -2.51. The van der Waals surface area contributed by atoms with Crippen molar-refractivity contribution in [2.45, 2.75) is 101 Å². The van der Waals surface area contributed by atoms with Crippen molar-refractivity contribution in [3.63, 3.8) is 0 Å². The zero-order chi connectivity index (χ0) is 23.8. The standard InChI is InChI=1S/C8H18O3Si.4C3H7O.Ti/c1-5-9-12(8-4,10-6-2)11-7-3;4*1-3(2)4;/h8H,4-7H2,1-3H3;4*3H,1-2H3;/q;4*-1;+4. The fourth-order valence-corrected chi connectivity index (χ4v) is 2.72. The van der Waals surface area contributed by atoms with Gasteiger partial charge in [0, 0.05) is 19.8 Å². The summed E-state index contributed by atoms with van der Waals surface area (Å²) in [5, 5.41) is 38.1. The molecule has 0 saturated carbocycles. The molecule has 0 aliphatic carbocycles. The molecule has 0 aliphatic rings. The van der Waals surface area contributed by atoms with Gasteiger partial charge >= 0.3 is 30.5 Å². The van der Waals surface area contributed by atoms with Crippen molar-refractivity contribution in [2.24, 2.45) is 0 Å². The molecule has 0 radical (unpaired) electrons. The van der Waals surface area contributed by atoms with E-state index in [4.69, 9.17) is 13.3 Å². The second-order valence-electron chi connectivity index (χ2n) is 6.30. The predicted octanol–water partition coefficient (Wildman–Crippen LogP) is 0.778. The third-order valence-electron chi connectivity index (χ3n) is 1.29. The van der Waals surface area contributed by atoms with Gasteiger partial charge in [-0.2, -0.15) is 0 Å². The average Bonchev–Trinajstić information content (AvgIpc) is 2.45. The monoisotopic (exact) mass is 474 g/mol. The van der Waals surface area contributed by atoms with E-state index in [0.717, 1.165) is 0 Å². The van der Waals surface area contributed by atoms with E-state index in [1.165, 1.54) is 0 Å². The van der Waals surface area contributed by atoms with Crippen LogP contribution in [0, 0.1) is 0 Å². The van der Waals surface area contributed by atoms with Crippen LogP contribution in [-0.4, -0.2) is 53.0 Å². The molecule has 0 rings (SSSR count). The molecule has 0 atom stereocenters. The molecule has 0 saturated heterocycles. The van der Waals surface area contributed by atoms with Gasteiger partial charge in [0.1, 0.15) is 0 Å². The van der Waals surface area contributed by atoms with Crippen LogP contribution in [0.15, 0.2) is 12.3 Å². The maximum Gasteiger partial charge on any atom is 4.00 e. The van der Waals surface area contributed by atoms with Crippen LogP contribution in [0.4, 0.5) is 0 Å². The van der Waals surface area contributed by atoms with Gasteiger partial charge in [0.05, 0.1) is 0 Å². The van der Waals surface area contributed by atoms with E-state index in [1.54, 1.807) is 61.1 Å². The molecule has 0 N–H and O–H groups in total. The number of hydrogen-bond donors (Lipinski definition) is 0. The molecular formula is C20H46O7SiTi. The van der Waals surface area contributed by atoms with E-state index in [2.05, 4.69) is 6.58 Å². The molecule has 0 aromatic heterocycles. The van der Waals surface area contributed by atoms with Crippen molar-refractivity contribution in [3.8, 4) is 0 Å². The Morgan fingerprint density at radius 3 is 0.828 bits per heavy atom. The van der Waals surface area contributed by atoms with Crippen molar-refractivity contribution >= 4 is 8.80 Å². The van der Waals surface area contributed by atoms with E-state index in [0.29, 0.717) is 19.8 Å². The predicted molar refractivity (Wildman–Crippen MR) is 111 cm³/mol. The molecule has 7 nitrogen and oxygen atoms in total. The number of rotatable bonds is 7. The molecule has 0 spiro atoms. The van der Waals surface area contributed by atoms with Crippen LogP contribution in [0.2, 0.25) is 0 Å². The van der Waals surface area contributed by atoms with Gasteiger partial charge in [-0.1, -0.05) is 62.0 Å². The summed E-state index contributed by atoms with van der Waals surface area (Å²) in [4.78, 5) is 0. The van der Waals surface area contributed by atoms with E-state index in [9.17, 15) is 20.4 Å². The van der Waals surface area contributed by atoms with E-state index >= 15 is 0 Å². The van der Waals surface area contributed by atoms with E-state index in [1.807, 2.05) is 20.8 Å². The Hall–Kier alpha value is 0.391. The summed E-state index contributed by atoms with van der Waals surface area (Å²) in [6, 6.07) is 0. The SMILES string of the molecule is C=C[Si](OCC)(OCC)OCC.CC(C)[O-].CC(C)[O-].CC(C)[O-].CC(C)[O-].[Ti+4]. The van der Waals surface area contributed by atoms with Crippen molar-refractivity contribution in [2.75, 3.05) is 19.8 Å². The first-order valence-electron chi connectivity index (χ1n) is 9.86. The van der Waals surface area contributed by atoms with E-state index < -0.39 is 33.2 Å². The smallest absolute Gasteiger partial charge is 0.852 e. The molecule has 0 heterocycles. The van der Waals surface area contributed by atoms with Gasteiger partial charge in [0.15, 0.2) is 0 Å². The third-order valence-corrected chi connectivity index (χ3v) is 3.86. The first-order chi connectivity index (χ1) is 12.7. The van der Waals surface area contributed by atoms with Gasteiger partial charge in [-0.15, -0.1) is 24.4 Å². The first kappa shape index (κ1) is 43.3. The quantitative estimate of drug-likeness (QED) is 0.500. The summed E-state index contributed by atoms with van der Waals surface area (Å²) in [6.07, 6.45) is -1.67. The zero-order valence-electron chi connectivity index (χ0n) is 20.6. The minimum Gasteiger partial charge on any atom is -0.852 e. The summed E-state index contributed by atoms with van der Waals surface area (Å²) in [5.74, 6) is 0. The maximum atomic E-state index is 9.53. The first-order valence-corrected chi connectivity index (χ1v) is 11.7. The van der Waals surface area contributed by atoms with Gasteiger partial charge in [-0.3, -0.25) is 0 Å². The summed E-state index contributed by atoms with van der Waals surface area (Å²) >= 11 is 0. The van der Waals surface area contributed by atoms with Crippen molar-refractivity contribution < 1.29 is 55.4 Å². The van der Waals surface area contributed by atoms with Gasteiger partial charge < -0.3 is 33.7 Å². The van der Waals surface area contributed by atoms with Gasteiger partial charge in [-0.25, -0.2) is 0 Å². The van der Waals surface area contributed by atoms with E-state index in [-0.39, 0.29) is 21.7 Å². The van der Waals surface area contributed by atoms with Gasteiger partial charge in [0.2, 0.25) is 0 Å². The van der Waals surface area contributed by atoms with Crippen LogP contribution in [-0.2, 0) is 35.0 Å². The summed E-state index contributed by atoms with van der Waals surface area (Å²) < 4.78 is 16.3. The minimum atomic E-state index is -2.51. The Labute approximate surface area is 196 Å². The molecule has 29 heavy (non-hydrogen) atoms. The van der Waals surface area contributed by atoms with Crippen LogP contribution in [0.5, 0.6) is 0 Å². The van der Waals surface area contributed by atoms with Crippen molar-refractivity contribution in [1.82, 2.24) is 0 Å².